The van der Waals surface area contributed by atoms with E-state index in [0.29, 0.717) is 22.2 Å². The van der Waals surface area contributed by atoms with Crippen LogP contribution in [0.5, 0.6) is 0 Å². The van der Waals surface area contributed by atoms with Crippen molar-refractivity contribution in [3.8, 4) is 0 Å². The molecule has 2 heterocycles. The Hall–Kier alpha value is -4.18. The first-order valence-corrected chi connectivity index (χ1v) is 10.9. The predicted octanol–water partition coefficient (Wildman–Crippen LogP) is 5.91. The van der Waals surface area contributed by atoms with E-state index < -0.39 is 17.5 Å². The summed E-state index contributed by atoms with van der Waals surface area (Å²) in [6.07, 6.45) is 3.20. The third-order valence-corrected chi connectivity index (χ3v) is 5.37. The lowest BCUT2D eigenvalue weighted by molar-refractivity contribution is -0.0581. The van der Waals surface area contributed by atoms with E-state index in [0.717, 1.165) is 6.20 Å². The molecule has 0 spiro atoms. The number of rotatable bonds is 8. The second-order valence-corrected chi connectivity index (χ2v) is 7.83. The first-order valence-electron chi connectivity index (χ1n) is 10.5. The van der Waals surface area contributed by atoms with Gasteiger partial charge >= 0.3 is 6.18 Å². The number of nitrogens with two attached hydrogens (primary N) is 1. The van der Waals surface area contributed by atoms with Crippen molar-refractivity contribution in [2.75, 3.05) is 0 Å². The number of aromatic nitrogens is 4. The fraction of sp³-hybridized carbons (Fsp3) is 0.120. The maximum Gasteiger partial charge on any atom is 0.434 e. The van der Waals surface area contributed by atoms with Gasteiger partial charge in [-0.15, -0.1) is 0 Å². The van der Waals surface area contributed by atoms with Gasteiger partial charge < -0.3 is 11.1 Å². The Morgan fingerprint density at radius 3 is 2.39 bits per heavy atom. The zero-order valence-electron chi connectivity index (χ0n) is 19.5. The Morgan fingerprint density at radius 1 is 1.17 bits per heavy atom. The fourth-order valence-corrected chi connectivity index (χ4v) is 3.42. The molecule has 0 fully saturated rings. The van der Waals surface area contributed by atoms with Gasteiger partial charge in [0.1, 0.15) is 0 Å². The van der Waals surface area contributed by atoms with Crippen LogP contribution in [0.15, 0.2) is 101 Å². The highest BCUT2D eigenvalue weighted by Gasteiger charge is 2.39. The van der Waals surface area contributed by atoms with Crippen LogP contribution in [0.25, 0.3) is 16.5 Å². The van der Waals surface area contributed by atoms with Crippen molar-refractivity contribution in [3.05, 3.63) is 102 Å². The lowest BCUT2D eigenvalue weighted by Crippen LogP contribution is -2.29. The van der Waals surface area contributed by atoms with Crippen molar-refractivity contribution in [3.63, 3.8) is 0 Å². The molecule has 3 N–H and O–H groups in total. The van der Waals surface area contributed by atoms with E-state index in [4.69, 9.17) is 17.3 Å². The molecule has 3 aromatic rings. The Kier molecular flexibility index (Phi) is 8.11. The molecule has 0 aliphatic rings. The molecule has 186 valence electrons. The van der Waals surface area contributed by atoms with Crippen LogP contribution in [0.2, 0.25) is 0 Å². The van der Waals surface area contributed by atoms with E-state index in [-0.39, 0.29) is 22.1 Å². The molecule has 36 heavy (non-hydrogen) atoms. The monoisotopic (exact) mass is 513 g/mol. The number of aliphatic imine (C=N–C) groups is 1. The number of pyridine rings is 1. The first-order chi connectivity index (χ1) is 17.1. The van der Waals surface area contributed by atoms with Gasteiger partial charge in [0.15, 0.2) is 5.71 Å². The fourth-order valence-electron chi connectivity index (χ4n) is 3.23. The zero-order chi connectivity index (χ0) is 26.5. The topological polar surface area (TPSA) is 94.0 Å². The van der Waals surface area contributed by atoms with E-state index in [1.807, 2.05) is 0 Å². The van der Waals surface area contributed by atoms with Crippen molar-refractivity contribution < 1.29 is 13.2 Å². The maximum atomic E-state index is 14.2. The lowest BCUT2D eigenvalue weighted by atomic mass is 10.1. The molecule has 0 aliphatic heterocycles. The highest BCUT2D eigenvalue weighted by molar-refractivity contribution is 6.35. The van der Waals surface area contributed by atoms with Gasteiger partial charge in [0.2, 0.25) is 0 Å². The van der Waals surface area contributed by atoms with Crippen LogP contribution in [-0.4, -0.2) is 31.9 Å². The van der Waals surface area contributed by atoms with Gasteiger partial charge in [0.05, 0.1) is 35.0 Å². The number of halogens is 4. The molecule has 11 heteroatoms. The second kappa shape index (κ2) is 11.0. The summed E-state index contributed by atoms with van der Waals surface area (Å²) in [5.74, 6) is 0. The molecule has 0 amide bonds. The molecular formula is C25H23ClF3N7. The molecule has 0 saturated carbocycles. The van der Waals surface area contributed by atoms with E-state index >= 15 is 0 Å². The molecule has 0 radical (unpaired) electrons. The molecule has 3 rings (SSSR count). The number of fused-ring (bicyclic) bond motifs is 1. The number of nitrogens with one attached hydrogen (secondary N) is 1. The number of alkyl halides is 3. The van der Waals surface area contributed by atoms with Crippen LogP contribution < -0.4 is 11.1 Å². The Morgan fingerprint density at radius 2 is 1.81 bits per heavy atom. The number of hydrogen-bond acceptors (Lipinski definition) is 6. The Bertz CT molecular complexity index is 1420. The molecular weight excluding hydrogens is 491 g/mol. The average Bonchev–Trinajstić information content (AvgIpc) is 3.38. The third-order valence-electron chi connectivity index (χ3n) is 5.05. The smallest absolute Gasteiger partial charge is 0.404 e. The number of benzene rings is 1. The highest BCUT2D eigenvalue weighted by Crippen LogP contribution is 2.32. The standard InChI is InChI=1S/C25H23ClF3N7/c1-5-18(12-22(26)17(4)36-32-10-11-33-36)34-16(3)21(13-30)24(25(27,28)29)35-23-14-31-15(2)19-8-6-7-9-20(19)23/h5-14,34H,3-4,30H2,1-2H3/b18-5+,21-13?,22-12+,35-24?. The second-order valence-electron chi connectivity index (χ2n) is 7.42. The van der Waals surface area contributed by atoms with E-state index in [1.54, 1.807) is 44.2 Å². The Labute approximate surface area is 210 Å². The minimum atomic E-state index is -4.84. The van der Waals surface area contributed by atoms with Crippen LogP contribution in [0.4, 0.5) is 18.9 Å². The SMILES string of the molecule is C=C(NC(=C/C)/C=C(/Cl)C(=C)n1nccn1)C(=CN)C(=Nc1cnc(C)c2ccccc12)C(F)(F)F. The average molecular weight is 514 g/mol. The number of nitrogens with zero attached hydrogens (tertiary/aromatic N) is 5. The van der Waals surface area contributed by atoms with Crippen molar-refractivity contribution in [2.45, 2.75) is 20.0 Å². The van der Waals surface area contributed by atoms with Gasteiger partial charge in [-0.3, -0.25) is 4.98 Å². The summed E-state index contributed by atoms with van der Waals surface area (Å²) in [5, 5.41) is 12.1. The van der Waals surface area contributed by atoms with Gasteiger partial charge in [0.25, 0.3) is 0 Å². The summed E-state index contributed by atoms with van der Waals surface area (Å²) in [6, 6.07) is 6.95. The van der Waals surface area contributed by atoms with Gasteiger partial charge in [0, 0.05) is 39.6 Å². The van der Waals surface area contributed by atoms with E-state index in [1.165, 1.54) is 29.5 Å². The summed E-state index contributed by atoms with van der Waals surface area (Å²) in [5.41, 5.74) is 5.15. The summed E-state index contributed by atoms with van der Waals surface area (Å²) in [7, 11) is 0. The van der Waals surface area contributed by atoms with Crippen LogP contribution in [0, 0.1) is 6.92 Å². The lowest BCUT2D eigenvalue weighted by Gasteiger charge is -2.18. The molecule has 0 unspecified atom stereocenters. The predicted molar refractivity (Wildman–Crippen MR) is 137 cm³/mol. The van der Waals surface area contributed by atoms with E-state index in [9.17, 15) is 13.2 Å². The summed E-state index contributed by atoms with van der Waals surface area (Å²) in [4.78, 5) is 9.33. The third kappa shape index (κ3) is 5.89. The van der Waals surface area contributed by atoms with Gasteiger partial charge in [-0.25, -0.2) is 4.99 Å². The van der Waals surface area contributed by atoms with Crippen molar-refractivity contribution in [1.29, 1.82) is 0 Å². The molecule has 0 atom stereocenters. The molecule has 0 aliphatic carbocycles. The minimum Gasteiger partial charge on any atom is -0.404 e. The van der Waals surface area contributed by atoms with E-state index in [2.05, 4.69) is 38.6 Å². The normalized spacial score (nSPS) is 13.7. The molecule has 0 saturated heterocycles. The van der Waals surface area contributed by atoms with Crippen LogP contribution in [-0.2, 0) is 0 Å². The van der Waals surface area contributed by atoms with Crippen LogP contribution in [0.3, 0.4) is 0 Å². The highest BCUT2D eigenvalue weighted by atomic mass is 35.5. The van der Waals surface area contributed by atoms with Crippen molar-refractivity contribution in [2.24, 2.45) is 10.7 Å². The first kappa shape index (κ1) is 26.4. The van der Waals surface area contributed by atoms with Crippen LogP contribution >= 0.6 is 11.6 Å². The van der Waals surface area contributed by atoms with Crippen molar-refractivity contribution >= 4 is 39.5 Å². The van der Waals surface area contributed by atoms with Crippen molar-refractivity contribution in [1.82, 2.24) is 25.3 Å². The summed E-state index contributed by atoms with van der Waals surface area (Å²) in [6.45, 7) is 11.0. The van der Waals surface area contributed by atoms with Crippen LogP contribution in [0.1, 0.15) is 12.6 Å². The van der Waals surface area contributed by atoms with Gasteiger partial charge in [-0.1, -0.05) is 55.1 Å². The largest absolute Gasteiger partial charge is 0.434 e. The summed E-state index contributed by atoms with van der Waals surface area (Å²) >= 11 is 6.30. The van der Waals surface area contributed by atoms with Gasteiger partial charge in [-0.05, 0) is 19.9 Å². The number of hydrogen-bond donors (Lipinski definition) is 2. The van der Waals surface area contributed by atoms with Gasteiger partial charge in [-0.2, -0.15) is 28.2 Å². The molecule has 7 nitrogen and oxygen atoms in total. The molecule has 0 bridgehead atoms. The quantitative estimate of drug-likeness (QED) is 0.288. The Balaban J connectivity index is 1.97. The minimum absolute atomic E-state index is 0.0490. The summed E-state index contributed by atoms with van der Waals surface area (Å²) < 4.78 is 42.5. The molecule has 2 aromatic heterocycles. The number of aryl methyl sites for hydroxylation is 1. The number of allylic oxidation sites excluding steroid dienone is 5. The maximum absolute atomic E-state index is 14.2. The zero-order valence-corrected chi connectivity index (χ0v) is 20.3. The molecule has 1 aromatic carbocycles.